The molecule has 1 amide bonds. The summed E-state index contributed by atoms with van der Waals surface area (Å²) in [5.74, 6) is -1.16. The average Bonchev–Trinajstić information content (AvgIpc) is 2.98. The molecule has 1 N–H and O–H groups in total. The number of fused-ring (bicyclic) bond motifs is 1. The smallest absolute Gasteiger partial charge is 0.344 e. The lowest BCUT2D eigenvalue weighted by molar-refractivity contribution is -0.149. The Morgan fingerprint density at radius 2 is 1.63 bits per heavy atom. The first-order chi connectivity index (χ1) is 14.1. The Bertz CT molecular complexity index is 1120. The summed E-state index contributed by atoms with van der Waals surface area (Å²) in [5, 5.41) is 10.2. The Kier molecular flexibility index (Phi) is 6.21. The fraction of sp³-hybridized carbons (Fsp3) is 0.217. The van der Waals surface area contributed by atoms with E-state index in [1.165, 1.54) is 6.92 Å². The summed E-state index contributed by atoms with van der Waals surface area (Å²) in [4.78, 5) is 34.2. The van der Waals surface area contributed by atoms with Gasteiger partial charge in [0, 0.05) is 14.7 Å². The molecule has 0 saturated carbocycles. The molecule has 0 saturated heterocycles. The second-order valence-corrected chi connectivity index (χ2v) is 8.85. The maximum absolute atomic E-state index is 12.8. The molecule has 2 aromatic carbocycles. The molecule has 0 spiro atoms. The van der Waals surface area contributed by atoms with Crippen LogP contribution in [0.3, 0.4) is 0 Å². The summed E-state index contributed by atoms with van der Waals surface area (Å²) >= 11 is 2.08. The van der Waals surface area contributed by atoms with Crippen molar-refractivity contribution in [2.45, 2.75) is 33.3 Å². The summed E-state index contributed by atoms with van der Waals surface area (Å²) in [6.07, 6.45) is 0. The number of halogens is 1. The van der Waals surface area contributed by atoms with E-state index in [2.05, 4.69) is 32.6 Å². The number of carbonyl (C=O) groups excluding carboxylic acids is 2. The van der Waals surface area contributed by atoms with Crippen LogP contribution in [-0.2, 0) is 9.53 Å². The van der Waals surface area contributed by atoms with E-state index in [0.717, 1.165) is 3.57 Å². The van der Waals surface area contributed by atoms with Gasteiger partial charge in [0.05, 0.1) is 11.3 Å². The molecule has 0 aromatic heterocycles. The average molecular weight is 516 g/mol. The van der Waals surface area contributed by atoms with Crippen LogP contribution in [0.5, 0.6) is 0 Å². The van der Waals surface area contributed by atoms with Gasteiger partial charge in [0.15, 0.2) is 5.84 Å². The lowest BCUT2D eigenvalue weighted by atomic mass is 9.99. The van der Waals surface area contributed by atoms with Crippen molar-refractivity contribution in [3.05, 3.63) is 80.1 Å². The highest BCUT2D eigenvalue weighted by Crippen LogP contribution is 2.27. The van der Waals surface area contributed by atoms with Crippen LogP contribution in [0.1, 0.15) is 49.2 Å². The number of hydrogen-bond acceptors (Lipinski definition) is 4. The van der Waals surface area contributed by atoms with E-state index >= 15 is 0 Å². The number of carbonyl (C=O) groups is 2. The summed E-state index contributed by atoms with van der Waals surface area (Å²) in [6, 6.07) is 14.3. The number of hydrogen-bond donors (Lipinski definition) is 1. The van der Waals surface area contributed by atoms with E-state index in [9.17, 15) is 14.7 Å². The van der Waals surface area contributed by atoms with Gasteiger partial charge in [0.2, 0.25) is 0 Å². The largest absolute Gasteiger partial charge is 0.512 e. The summed E-state index contributed by atoms with van der Waals surface area (Å²) in [5.41, 5.74) is 1.11. The molecule has 1 aliphatic rings. The van der Waals surface area contributed by atoms with Gasteiger partial charge >= 0.3 is 5.97 Å². The maximum Gasteiger partial charge on any atom is 0.344 e. The highest BCUT2D eigenvalue weighted by molar-refractivity contribution is 14.1. The predicted molar refractivity (Wildman–Crippen MR) is 124 cm³/mol. The van der Waals surface area contributed by atoms with Crippen LogP contribution in [0.15, 0.2) is 69.8 Å². The topological polar surface area (TPSA) is 88.3 Å². The van der Waals surface area contributed by atoms with Gasteiger partial charge < -0.3 is 9.84 Å². The first-order valence-corrected chi connectivity index (χ1v) is 10.4. The molecule has 2 aromatic rings. The Hall–Kier alpha value is -2.81. The second-order valence-electron chi connectivity index (χ2n) is 7.69. The number of ether oxygens (including phenoxy) is 1. The number of amides is 1. The number of aliphatic hydroxyl groups is 1. The minimum atomic E-state index is -0.743. The van der Waals surface area contributed by atoms with E-state index < -0.39 is 17.5 Å². The van der Waals surface area contributed by atoms with Crippen LogP contribution in [0, 0.1) is 3.57 Å². The molecule has 0 radical (unpaired) electrons. The van der Waals surface area contributed by atoms with Crippen LogP contribution in [0.4, 0.5) is 0 Å². The third-order valence-corrected chi connectivity index (χ3v) is 5.09. The maximum atomic E-state index is 12.8. The number of esters is 1. The van der Waals surface area contributed by atoms with Crippen molar-refractivity contribution in [2.75, 3.05) is 0 Å². The molecule has 1 aliphatic heterocycles. The summed E-state index contributed by atoms with van der Waals surface area (Å²) in [7, 11) is 0. The molecule has 30 heavy (non-hydrogen) atoms. The Morgan fingerprint density at radius 1 is 1.03 bits per heavy atom. The van der Waals surface area contributed by atoms with E-state index in [1.807, 2.05) is 12.1 Å². The van der Waals surface area contributed by atoms with Crippen LogP contribution in [-0.4, -0.2) is 34.1 Å². The van der Waals surface area contributed by atoms with Gasteiger partial charge in [-0.05, 0) is 62.4 Å². The molecule has 0 aliphatic carbocycles. The molecule has 6 nitrogen and oxygen atoms in total. The van der Waals surface area contributed by atoms with Gasteiger partial charge in [-0.3, -0.25) is 4.79 Å². The third-order valence-electron chi connectivity index (χ3n) is 4.15. The van der Waals surface area contributed by atoms with Crippen molar-refractivity contribution in [1.82, 2.24) is 0 Å². The highest BCUT2D eigenvalue weighted by atomic mass is 127. The lowest BCUT2D eigenvalue weighted by Crippen LogP contribution is -2.28. The molecule has 154 valence electrons. The van der Waals surface area contributed by atoms with Crippen molar-refractivity contribution in [2.24, 2.45) is 9.98 Å². The molecule has 0 bridgehead atoms. The normalized spacial score (nSPS) is 15.4. The third kappa shape index (κ3) is 4.67. The van der Waals surface area contributed by atoms with Crippen molar-refractivity contribution in [3.63, 3.8) is 0 Å². The quantitative estimate of drug-likeness (QED) is 0.273. The zero-order valence-electron chi connectivity index (χ0n) is 17.1. The van der Waals surface area contributed by atoms with Crippen molar-refractivity contribution >= 4 is 46.0 Å². The fourth-order valence-electron chi connectivity index (χ4n) is 2.92. The van der Waals surface area contributed by atoms with Gasteiger partial charge in [-0.1, -0.05) is 36.4 Å². The molecule has 0 atom stereocenters. The van der Waals surface area contributed by atoms with Crippen molar-refractivity contribution in [3.8, 4) is 0 Å². The molecule has 0 fully saturated rings. The van der Waals surface area contributed by atoms with Crippen LogP contribution in [0.2, 0.25) is 0 Å². The van der Waals surface area contributed by atoms with Gasteiger partial charge in [0.1, 0.15) is 16.9 Å². The van der Waals surface area contributed by atoms with E-state index in [0.29, 0.717) is 16.7 Å². The fourth-order valence-corrected chi connectivity index (χ4v) is 3.54. The van der Waals surface area contributed by atoms with Gasteiger partial charge in [-0.2, -0.15) is 4.99 Å². The standard InChI is InChI=1S/C23H21IN2O4/c1-13(27)18(22(29)30-23(2,3)4)19-14-9-5-6-10-15(14)20(25-19)26-21(28)16-11-7-8-12-17(16)24/h5-12,27H,1-4H3/b18-13+,26-20?. The van der Waals surface area contributed by atoms with Gasteiger partial charge in [0.25, 0.3) is 5.91 Å². The minimum Gasteiger partial charge on any atom is -0.512 e. The van der Waals surface area contributed by atoms with Crippen LogP contribution >= 0.6 is 22.6 Å². The number of allylic oxidation sites excluding steroid dienone is 1. The first kappa shape index (κ1) is 21.9. The number of aliphatic imine (C=N–C) groups is 2. The summed E-state index contributed by atoms with van der Waals surface area (Å²) in [6.45, 7) is 6.63. The van der Waals surface area contributed by atoms with Crippen molar-refractivity contribution in [1.29, 1.82) is 0 Å². The Morgan fingerprint density at radius 3 is 2.23 bits per heavy atom. The van der Waals surface area contributed by atoms with Gasteiger partial charge in [-0.15, -0.1) is 0 Å². The number of benzene rings is 2. The number of amidine groups is 1. The Balaban J connectivity index is 2.10. The monoisotopic (exact) mass is 516 g/mol. The molecular weight excluding hydrogens is 495 g/mol. The number of nitrogens with zero attached hydrogens (tertiary/aromatic N) is 2. The zero-order valence-corrected chi connectivity index (χ0v) is 19.2. The highest BCUT2D eigenvalue weighted by Gasteiger charge is 2.32. The molecule has 3 rings (SSSR count). The number of aliphatic hydroxyl groups excluding tert-OH is 1. The van der Waals surface area contributed by atoms with E-state index in [1.54, 1.807) is 57.2 Å². The van der Waals surface area contributed by atoms with Crippen LogP contribution in [0.25, 0.3) is 0 Å². The molecular formula is C23H21IN2O4. The minimum absolute atomic E-state index is 0.0516. The zero-order chi connectivity index (χ0) is 22.1. The molecule has 1 heterocycles. The van der Waals surface area contributed by atoms with Crippen LogP contribution < -0.4 is 0 Å². The van der Waals surface area contributed by atoms with E-state index in [4.69, 9.17) is 4.74 Å². The lowest BCUT2D eigenvalue weighted by Gasteiger charge is -2.21. The Labute approximate surface area is 188 Å². The predicted octanol–water partition coefficient (Wildman–Crippen LogP) is 4.85. The van der Waals surface area contributed by atoms with E-state index in [-0.39, 0.29) is 22.9 Å². The molecule has 7 heteroatoms. The van der Waals surface area contributed by atoms with Crippen molar-refractivity contribution < 1.29 is 19.4 Å². The summed E-state index contributed by atoms with van der Waals surface area (Å²) < 4.78 is 6.22. The van der Waals surface area contributed by atoms with Gasteiger partial charge in [-0.25, -0.2) is 9.79 Å². The first-order valence-electron chi connectivity index (χ1n) is 9.28. The SMILES string of the molecule is C/C(O)=C(\C(=O)OC(C)(C)C)C1=NC(=NC(=O)c2ccccc2I)c2ccccc21. The number of rotatable bonds is 3. The molecule has 0 unspecified atom stereocenters. The second kappa shape index (κ2) is 8.51.